The summed E-state index contributed by atoms with van der Waals surface area (Å²) < 4.78 is 5.70. The van der Waals surface area contributed by atoms with Crippen LogP contribution in [-0.4, -0.2) is 11.6 Å². The first-order chi connectivity index (χ1) is 9.28. The molecule has 0 amide bonds. The molecule has 0 bridgehead atoms. The number of hydrazine groups is 1. The molecule has 0 fully saturated rings. The maximum Gasteiger partial charge on any atom is 0.125 e. The van der Waals surface area contributed by atoms with Crippen LogP contribution in [0.15, 0.2) is 23.0 Å². The Balaban J connectivity index is 1.90. The first-order valence-electron chi connectivity index (χ1n) is 6.06. The molecule has 0 saturated carbocycles. The minimum atomic E-state index is -0.0296. The van der Waals surface area contributed by atoms with Gasteiger partial charge in [0.2, 0.25) is 0 Å². The number of halogens is 1. The average Bonchev–Trinajstić information content (AvgIpc) is 3.05. The Bertz CT molecular complexity index is 574. The lowest BCUT2D eigenvalue weighted by molar-refractivity contribution is 0.351. The van der Waals surface area contributed by atoms with Crippen LogP contribution in [0.3, 0.4) is 0 Å². The van der Waals surface area contributed by atoms with E-state index in [2.05, 4.69) is 10.4 Å². The molecule has 3 N–H and O–H groups in total. The van der Waals surface area contributed by atoms with Crippen LogP contribution in [-0.2, 0) is 12.8 Å². The van der Waals surface area contributed by atoms with Gasteiger partial charge in [0, 0.05) is 16.8 Å². The third-order valence-corrected chi connectivity index (χ3v) is 4.08. The fourth-order valence-corrected chi connectivity index (χ4v) is 3.23. The molecule has 0 radical (unpaired) electrons. The molecule has 1 aromatic carbocycles. The second-order valence-electron chi connectivity index (χ2n) is 4.49. The van der Waals surface area contributed by atoms with Gasteiger partial charge in [0.05, 0.1) is 23.9 Å². The lowest BCUT2D eigenvalue weighted by Gasteiger charge is -2.16. The molecule has 4 nitrogen and oxygen atoms in total. The molecular weight excluding hydrogens is 282 g/mol. The van der Waals surface area contributed by atoms with Crippen LogP contribution < -0.4 is 16.0 Å². The molecule has 6 heteroatoms. The number of fused-ring (bicyclic) bond motifs is 1. The summed E-state index contributed by atoms with van der Waals surface area (Å²) in [5.41, 5.74) is 7.81. The Labute approximate surface area is 120 Å². The van der Waals surface area contributed by atoms with E-state index in [1.54, 1.807) is 16.8 Å². The molecule has 0 spiro atoms. The number of rotatable bonds is 4. The van der Waals surface area contributed by atoms with Crippen molar-refractivity contribution in [2.45, 2.75) is 18.9 Å². The van der Waals surface area contributed by atoms with E-state index < -0.39 is 0 Å². The minimum absolute atomic E-state index is 0.0296. The summed E-state index contributed by atoms with van der Waals surface area (Å²) in [7, 11) is 0. The van der Waals surface area contributed by atoms with E-state index in [-0.39, 0.29) is 6.04 Å². The minimum Gasteiger partial charge on any atom is -0.493 e. The second-order valence-corrected chi connectivity index (χ2v) is 5.64. The molecule has 0 saturated heterocycles. The van der Waals surface area contributed by atoms with Crippen molar-refractivity contribution in [1.29, 1.82) is 0 Å². The summed E-state index contributed by atoms with van der Waals surface area (Å²) in [5.74, 6) is 6.59. The van der Waals surface area contributed by atoms with E-state index in [9.17, 15) is 0 Å². The van der Waals surface area contributed by atoms with Crippen molar-refractivity contribution in [3.63, 3.8) is 0 Å². The van der Waals surface area contributed by atoms with E-state index in [0.29, 0.717) is 6.42 Å². The number of ether oxygens (including phenoxy) is 1. The molecule has 1 aliphatic heterocycles. The molecule has 1 aromatic heterocycles. The van der Waals surface area contributed by atoms with Gasteiger partial charge in [-0.15, -0.1) is 11.3 Å². The molecule has 19 heavy (non-hydrogen) atoms. The first-order valence-corrected chi connectivity index (χ1v) is 7.38. The molecule has 2 heterocycles. The van der Waals surface area contributed by atoms with Gasteiger partial charge in [0.1, 0.15) is 5.75 Å². The fraction of sp³-hybridized carbons (Fsp3) is 0.308. The number of hydrogen-bond donors (Lipinski definition) is 2. The molecule has 1 atom stereocenters. The Morgan fingerprint density at radius 2 is 2.42 bits per heavy atom. The number of hydrogen-bond acceptors (Lipinski definition) is 5. The van der Waals surface area contributed by atoms with E-state index >= 15 is 0 Å². The highest BCUT2D eigenvalue weighted by Gasteiger charge is 2.21. The van der Waals surface area contributed by atoms with Crippen LogP contribution in [0.25, 0.3) is 0 Å². The van der Waals surface area contributed by atoms with Crippen molar-refractivity contribution in [3.05, 3.63) is 44.9 Å². The molecule has 3 rings (SSSR count). The summed E-state index contributed by atoms with van der Waals surface area (Å²) in [4.78, 5) is 4.30. The summed E-state index contributed by atoms with van der Waals surface area (Å²) in [6.45, 7) is 0.722. The van der Waals surface area contributed by atoms with Gasteiger partial charge in [0.15, 0.2) is 0 Å². The van der Waals surface area contributed by atoms with Gasteiger partial charge in [-0.1, -0.05) is 11.6 Å². The number of thiazole rings is 1. The van der Waals surface area contributed by atoms with Gasteiger partial charge in [0.25, 0.3) is 0 Å². The van der Waals surface area contributed by atoms with Crippen molar-refractivity contribution in [2.24, 2.45) is 5.84 Å². The van der Waals surface area contributed by atoms with Crippen LogP contribution in [0.1, 0.15) is 22.9 Å². The van der Waals surface area contributed by atoms with Crippen LogP contribution in [0, 0.1) is 0 Å². The lowest BCUT2D eigenvalue weighted by Crippen LogP contribution is -2.29. The summed E-state index contributed by atoms with van der Waals surface area (Å²) in [6.07, 6.45) is 1.63. The molecule has 0 aliphatic carbocycles. The van der Waals surface area contributed by atoms with E-state index in [4.69, 9.17) is 22.2 Å². The van der Waals surface area contributed by atoms with E-state index in [1.165, 1.54) is 5.56 Å². The first kappa shape index (κ1) is 12.9. The molecule has 100 valence electrons. The average molecular weight is 296 g/mol. The Morgan fingerprint density at radius 3 is 3.16 bits per heavy atom. The normalized spacial score (nSPS) is 15.1. The standard InChI is InChI=1S/C13H14ClN3OS/c14-10-3-8-1-2-18-13(8)9(4-10)5-11(17-15)12-6-19-7-16-12/h3-4,6-7,11,17H,1-2,5,15H2. The number of aromatic nitrogens is 1. The van der Waals surface area contributed by atoms with E-state index in [0.717, 1.165) is 35.1 Å². The summed E-state index contributed by atoms with van der Waals surface area (Å²) >= 11 is 7.72. The zero-order valence-electron chi connectivity index (χ0n) is 10.2. The summed E-state index contributed by atoms with van der Waals surface area (Å²) in [5, 5.41) is 2.74. The fourth-order valence-electron chi connectivity index (χ4n) is 2.36. The predicted octanol–water partition coefficient (Wildman–Crippen LogP) is 2.48. The van der Waals surface area contributed by atoms with Gasteiger partial charge in [-0.05, 0) is 29.7 Å². The van der Waals surface area contributed by atoms with Gasteiger partial charge >= 0.3 is 0 Å². The smallest absolute Gasteiger partial charge is 0.125 e. The largest absolute Gasteiger partial charge is 0.493 e. The van der Waals surface area contributed by atoms with Gasteiger partial charge < -0.3 is 4.74 Å². The third kappa shape index (κ3) is 2.60. The van der Waals surface area contributed by atoms with Gasteiger partial charge in [-0.2, -0.15) is 0 Å². The molecule has 1 unspecified atom stereocenters. The van der Waals surface area contributed by atoms with Crippen molar-refractivity contribution in [2.75, 3.05) is 6.61 Å². The number of nitrogens with zero attached hydrogens (tertiary/aromatic N) is 1. The summed E-state index contributed by atoms with van der Waals surface area (Å²) in [6, 6.07) is 3.89. The zero-order valence-corrected chi connectivity index (χ0v) is 11.8. The Kier molecular flexibility index (Phi) is 3.70. The third-order valence-electron chi connectivity index (χ3n) is 3.26. The highest BCUT2D eigenvalue weighted by molar-refractivity contribution is 7.07. The molecule has 1 aliphatic rings. The van der Waals surface area contributed by atoms with Crippen LogP contribution in [0.4, 0.5) is 0 Å². The van der Waals surface area contributed by atoms with Crippen LogP contribution in [0.5, 0.6) is 5.75 Å². The maximum absolute atomic E-state index is 6.16. The Hall–Kier alpha value is -1.14. The second kappa shape index (κ2) is 5.46. The SMILES string of the molecule is NNC(Cc1cc(Cl)cc2c1OCC2)c1cscn1. The number of nitrogens with two attached hydrogens (primary N) is 1. The zero-order chi connectivity index (χ0) is 13.2. The highest BCUT2D eigenvalue weighted by atomic mass is 35.5. The lowest BCUT2D eigenvalue weighted by atomic mass is 10.0. The van der Waals surface area contributed by atoms with Crippen LogP contribution >= 0.6 is 22.9 Å². The quantitative estimate of drug-likeness (QED) is 0.672. The number of nitrogens with one attached hydrogen (secondary N) is 1. The van der Waals surface area contributed by atoms with Gasteiger partial charge in [-0.3, -0.25) is 11.3 Å². The van der Waals surface area contributed by atoms with Gasteiger partial charge in [-0.25, -0.2) is 4.98 Å². The highest BCUT2D eigenvalue weighted by Crippen LogP contribution is 2.35. The predicted molar refractivity (Wildman–Crippen MR) is 76.5 cm³/mol. The van der Waals surface area contributed by atoms with Crippen molar-refractivity contribution in [3.8, 4) is 5.75 Å². The van der Waals surface area contributed by atoms with Crippen LogP contribution in [0.2, 0.25) is 5.02 Å². The van der Waals surface area contributed by atoms with Crippen molar-refractivity contribution in [1.82, 2.24) is 10.4 Å². The molecule has 2 aromatic rings. The Morgan fingerprint density at radius 1 is 1.53 bits per heavy atom. The number of benzene rings is 1. The van der Waals surface area contributed by atoms with Crippen molar-refractivity contribution >= 4 is 22.9 Å². The maximum atomic E-state index is 6.16. The monoisotopic (exact) mass is 295 g/mol. The topological polar surface area (TPSA) is 60.2 Å². The van der Waals surface area contributed by atoms with Crippen molar-refractivity contribution < 1.29 is 4.74 Å². The van der Waals surface area contributed by atoms with E-state index in [1.807, 2.05) is 17.5 Å². The molecular formula is C13H14ClN3OS.